The lowest BCUT2D eigenvalue weighted by molar-refractivity contribution is 0.314. The van der Waals surface area contributed by atoms with Gasteiger partial charge in [0.05, 0.1) is 17.8 Å². The number of thiophene rings is 1. The minimum Gasteiger partial charge on any atom is -0.352 e. The van der Waals surface area contributed by atoms with Crippen LogP contribution in [-0.2, 0) is 6.54 Å². The number of aromatic nitrogens is 2. The molecular weight excluding hydrogens is 348 g/mol. The fraction of sp³-hybridized carbons (Fsp3) is 0.211. The molecule has 4 heterocycles. The summed E-state index contributed by atoms with van der Waals surface area (Å²) < 4.78 is 0. The molecule has 0 amide bonds. The second-order valence-corrected chi connectivity index (χ2v) is 7.42. The lowest BCUT2D eigenvalue weighted by atomic mass is 10.0. The predicted octanol–water partition coefficient (Wildman–Crippen LogP) is 4.02. The first-order valence-corrected chi connectivity index (χ1v) is 9.44. The topological polar surface area (TPSA) is 41.1 Å². The third-order valence-electron chi connectivity index (χ3n) is 4.44. The Morgan fingerprint density at radius 3 is 2.80 bits per heavy atom. The normalized spacial score (nSPS) is 19.9. The highest BCUT2D eigenvalue weighted by Gasteiger charge is 2.40. The van der Waals surface area contributed by atoms with Crippen LogP contribution in [0.5, 0.6) is 0 Å². The Hall–Kier alpha value is -2.31. The molecule has 0 unspecified atom stereocenters. The van der Waals surface area contributed by atoms with Gasteiger partial charge in [0.15, 0.2) is 5.11 Å². The summed E-state index contributed by atoms with van der Waals surface area (Å²) in [5, 5.41) is 6.39. The molecule has 1 N–H and O–H groups in total. The van der Waals surface area contributed by atoms with Gasteiger partial charge in [0.25, 0.3) is 0 Å². The first-order chi connectivity index (χ1) is 12.2. The molecule has 126 valence electrons. The maximum atomic E-state index is 5.68. The third-order valence-corrected chi connectivity index (χ3v) is 5.89. The van der Waals surface area contributed by atoms with Crippen molar-refractivity contribution in [3.05, 3.63) is 82.1 Å². The van der Waals surface area contributed by atoms with Crippen LogP contribution in [0.15, 0.2) is 60.4 Å². The predicted molar refractivity (Wildman–Crippen MR) is 104 cm³/mol. The van der Waals surface area contributed by atoms with Gasteiger partial charge in [-0.05, 0) is 59.9 Å². The van der Waals surface area contributed by atoms with Crippen LogP contribution in [0.2, 0.25) is 0 Å². The van der Waals surface area contributed by atoms with Gasteiger partial charge < -0.3 is 10.2 Å². The van der Waals surface area contributed by atoms with Gasteiger partial charge in [0.1, 0.15) is 0 Å². The van der Waals surface area contributed by atoms with Crippen LogP contribution >= 0.6 is 23.6 Å². The van der Waals surface area contributed by atoms with E-state index in [-0.39, 0.29) is 12.1 Å². The number of hydrogen-bond acceptors (Lipinski definition) is 4. The van der Waals surface area contributed by atoms with Crippen molar-refractivity contribution in [3.63, 3.8) is 0 Å². The maximum Gasteiger partial charge on any atom is 0.170 e. The van der Waals surface area contributed by atoms with E-state index in [1.165, 1.54) is 10.4 Å². The smallest absolute Gasteiger partial charge is 0.170 e. The van der Waals surface area contributed by atoms with Crippen LogP contribution in [0.3, 0.4) is 0 Å². The molecule has 0 aliphatic carbocycles. The van der Waals surface area contributed by atoms with Crippen LogP contribution < -0.4 is 5.32 Å². The first-order valence-electron chi connectivity index (χ1n) is 8.15. The molecule has 4 nitrogen and oxygen atoms in total. The Balaban J connectivity index is 1.74. The van der Waals surface area contributed by atoms with Gasteiger partial charge >= 0.3 is 0 Å². The Labute approximate surface area is 156 Å². The second-order valence-electron chi connectivity index (χ2n) is 6.08. The van der Waals surface area contributed by atoms with Gasteiger partial charge in [-0.15, -0.1) is 11.3 Å². The SMILES string of the molecule is Cc1ccsc1[C@@H]1[C@@H](c2ccccn2)NC(=S)N1Cc1cccnc1. The summed E-state index contributed by atoms with van der Waals surface area (Å²) in [4.78, 5) is 12.4. The number of thiocarbonyl (C=S) groups is 1. The molecule has 0 spiro atoms. The van der Waals surface area contributed by atoms with E-state index in [1.54, 1.807) is 17.5 Å². The Kier molecular flexibility index (Phi) is 4.46. The summed E-state index contributed by atoms with van der Waals surface area (Å²) in [6.45, 7) is 2.88. The van der Waals surface area contributed by atoms with Crippen molar-refractivity contribution >= 4 is 28.7 Å². The minimum atomic E-state index is 0.0442. The van der Waals surface area contributed by atoms with Gasteiger partial charge in [-0.3, -0.25) is 9.97 Å². The highest BCUT2D eigenvalue weighted by molar-refractivity contribution is 7.80. The summed E-state index contributed by atoms with van der Waals surface area (Å²) >= 11 is 7.46. The second kappa shape index (κ2) is 6.90. The van der Waals surface area contributed by atoms with E-state index in [1.807, 2.05) is 30.6 Å². The minimum absolute atomic E-state index is 0.0442. The zero-order valence-corrected chi connectivity index (χ0v) is 15.4. The molecule has 0 saturated carbocycles. The number of hydrogen-bond donors (Lipinski definition) is 1. The summed E-state index contributed by atoms with van der Waals surface area (Å²) in [6, 6.07) is 12.4. The summed E-state index contributed by atoms with van der Waals surface area (Å²) in [5.74, 6) is 0. The summed E-state index contributed by atoms with van der Waals surface area (Å²) in [5.41, 5.74) is 3.45. The van der Waals surface area contributed by atoms with Crippen molar-refractivity contribution < 1.29 is 0 Å². The third kappa shape index (κ3) is 3.15. The Morgan fingerprint density at radius 2 is 2.12 bits per heavy atom. The fourth-order valence-electron chi connectivity index (χ4n) is 3.24. The van der Waals surface area contributed by atoms with E-state index >= 15 is 0 Å². The van der Waals surface area contributed by atoms with Gasteiger partial charge in [-0.25, -0.2) is 0 Å². The zero-order chi connectivity index (χ0) is 17.2. The van der Waals surface area contributed by atoms with Crippen LogP contribution in [0, 0.1) is 6.92 Å². The number of pyridine rings is 2. The van der Waals surface area contributed by atoms with Crippen LogP contribution in [0.1, 0.15) is 33.8 Å². The van der Waals surface area contributed by atoms with Crippen LogP contribution in [0.25, 0.3) is 0 Å². The van der Waals surface area contributed by atoms with Crippen molar-refractivity contribution in [3.8, 4) is 0 Å². The van der Waals surface area contributed by atoms with Crippen LogP contribution in [0.4, 0.5) is 0 Å². The summed E-state index contributed by atoms with van der Waals surface area (Å²) in [6.07, 6.45) is 5.53. The molecule has 25 heavy (non-hydrogen) atoms. The standard InChI is InChI=1S/C19H18N4S2/c1-13-7-10-25-18(13)17-16(15-6-2-3-9-21-15)22-19(24)23(17)12-14-5-4-8-20-11-14/h2-11,16-17H,12H2,1H3,(H,22,24)/t16-,17+/m1/s1. The average molecular weight is 367 g/mol. The first kappa shape index (κ1) is 16.2. The van der Waals surface area contributed by atoms with Gasteiger partial charge in [-0.1, -0.05) is 12.1 Å². The van der Waals surface area contributed by atoms with Crippen molar-refractivity contribution in [1.82, 2.24) is 20.2 Å². The molecular formula is C19H18N4S2. The molecule has 0 aromatic carbocycles. The molecule has 1 saturated heterocycles. The average Bonchev–Trinajstić information content (AvgIpc) is 3.20. The van der Waals surface area contributed by atoms with Gasteiger partial charge in [0, 0.05) is 30.0 Å². The monoisotopic (exact) mass is 366 g/mol. The number of nitrogens with one attached hydrogen (secondary N) is 1. The molecule has 4 rings (SSSR count). The van der Waals surface area contributed by atoms with E-state index in [4.69, 9.17) is 12.2 Å². The zero-order valence-electron chi connectivity index (χ0n) is 13.8. The molecule has 1 aliphatic heterocycles. The Morgan fingerprint density at radius 1 is 1.20 bits per heavy atom. The molecule has 3 aromatic rings. The van der Waals surface area contributed by atoms with Crippen molar-refractivity contribution in [2.24, 2.45) is 0 Å². The quantitative estimate of drug-likeness (QED) is 0.706. The highest BCUT2D eigenvalue weighted by Crippen LogP contribution is 2.42. The molecule has 1 aliphatic rings. The number of nitrogens with zero attached hydrogens (tertiary/aromatic N) is 3. The molecule has 3 aromatic heterocycles. The van der Waals surface area contributed by atoms with Gasteiger partial charge in [0.2, 0.25) is 0 Å². The van der Waals surface area contributed by atoms with Crippen molar-refractivity contribution in [1.29, 1.82) is 0 Å². The molecule has 6 heteroatoms. The number of rotatable bonds is 4. The van der Waals surface area contributed by atoms with E-state index in [2.05, 4.69) is 50.7 Å². The van der Waals surface area contributed by atoms with Crippen molar-refractivity contribution in [2.45, 2.75) is 25.6 Å². The lowest BCUT2D eigenvalue weighted by Gasteiger charge is -2.27. The lowest BCUT2D eigenvalue weighted by Crippen LogP contribution is -2.29. The van der Waals surface area contributed by atoms with Crippen molar-refractivity contribution in [2.75, 3.05) is 0 Å². The Bertz CT molecular complexity index is 863. The largest absolute Gasteiger partial charge is 0.352 e. The van der Waals surface area contributed by atoms with Gasteiger partial charge in [-0.2, -0.15) is 0 Å². The van der Waals surface area contributed by atoms with E-state index < -0.39 is 0 Å². The molecule has 0 radical (unpaired) electrons. The summed E-state index contributed by atoms with van der Waals surface area (Å²) in [7, 11) is 0. The van der Waals surface area contributed by atoms with Crippen LogP contribution in [-0.4, -0.2) is 20.0 Å². The number of aryl methyl sites for hydroxylation is 1. The molecule has 0 bridgehead atoms. The van der Waals surface area contributed by atoms with E-state index in [0.29, 0.717) is 0 Å². The van der Waals surface area contributed by atoms with E-state index in [9.17, 15) is 0 Å². The molecule has 2 atom stereocenters. The highest BCUT2D eigenvalue weighted by atomic mass is 32.1. The van der Waals surface area contributed by atoms with E-state index in [0.717, 1.165) is 22.9 Å². The molecule has 1 fully saturated rings. The fourth-order valence-corrected chi connectivity index (χ4v) is 4.62. The maximum absolute atomic E-state index is 5.68.